The predicted octanol–water partition coefficient (Wildman–Crippen LogP) is -0.113. The molecule has 0 aromatic heterocycles. The maximum atomic E-state index is 11.4. The second kappa shape index (κ2) is 3.36. The molecule has 4 nitrogen and oxygen atoms in total. The van der Waals surface area contributed by atoms with E-state index < -0.39 is 5.91 Å². The van der Waals surface area contributed by atoms with E-state index in [0.717, 1.165) is 19.4 Å². The molecule has 13 heavy (non-hydrogen) atoms. The Balaban J connectivity index is 2.12. The Bertz CT molecular complexity index is 240. The number of rotatable bonds is 0. The first-order chi connectivity index (χ1) is 6.29. The Kier molecular flexibility index (Phi) is 2.20. The highest BCUT2D eigenvalue weighted by molar-refractivity contribution is 6.35. The van der Waals surface area contributed by atoms with E-state index in [1.54, 1.807) is 4.90 Å². The monoisotopic (exact) mass is 182 g/mol. The molecule has 0 aliphatic carbocycles. The molecule has 0 saturated carbocycles. The van der Waals surface area contributed by atoms with Crippen molar-refractivity contribution < 1.29 is 9.59 Å². The molecule has 0 radical (unpaired) electrons. The van der Waals surface area contributed by atoms with Crippen LogP contribution in [-0.2, 0) is 9.59 Å². The zero-order valence-corrected chi connectivity index (χ0v) is 7.58. The first-order valence-electron chi connectivity index (χ1n) is 4.88. The molecule has 2 aliphatic heterocycles. The smallest absolute Gasteiger partial charge is 0.312 e. The van der Waals surface area contributed by atoms with Gasteiger partial charge in [0.1, 0.15) is 0 Å². The zero-order valence-electron chi connectivity index (χ0n) is 7.58. The first-order valence-corrected chi connectivity index (χ1v) is 4.88. The third-order valence-corrected chi connectivity index (χ3v) is 2.83. The van der Waals surface area contributed by atoms with Crippen LogP contribution in [0.15, 0.2) is 0 Å². The van der Waals surface area contributed by atoms with Crippen LogP contribution < -0.4 is 5.32 Å². The third kappa shape index (κ3) is 1.53. The number of fused-ring (bicyclic) bond motifs is 1. The van der Waals surface area contributed by atoms with Crippen molar-refractivity contribution in [3.8, 4) is 0 Å². The molecule has 0 unspecified atom stereocenters. The number of hydrogen-bond acceptors (Lipinski definition) is 2. The predicted molar refractivity (Wildman–Crippen MR) is 47.0 cm³/mol. The quantitative estimate of drug-likeness (QED) is 0.531. The van der Waals surface area contributed by atoms with Gasteiger partial charge >= 0.3 is 11.8 Å². The lowest BCUT2D eigenvalue weighted by atomic mass is 10.1. The molecule has 2 fully saturated rings. The number of amides is 2. The average Bonchev–Trinajstić information content (AvgIpc) is 2.36. The van der Waals surface area contributed by atoms with Gasteiger partial charge in [0.05, 0.1) is 0 Å². The molecule has 2 rings (SSSR count). The summed E-state index contributed by atoms with van der Waals surface area (Å²) in [6.07, 6.45) is 4.42. The van der Waals surface area contributed by atoms with Crippen molar-refractivity contribution >= 4 is 11.8 Å². The largest absolute Gasteiger partial charge is 0.346 e. The van der Waals surface area contributed by atoms with Crippen LogP contribution in [0.2, 0.25) is 0 Å². The summed E-state index contributed by atoms with van der Waals surface area (Å²) in [7, 11) is 0. The van der Waals surface area contributed by atoms with Crippen molar-refractivity contribution in [2.24, 2.45) is 0 Å². The van der Waals surface area contributed by atoms with E-state index in [4.69, 9.17) is 0 Å². The van der Waals surface area contributed by atoms with Gasteiger partial charge in [0, 0.05) is 19.1 Å². The Labute approximate surface area is 77.3 Å². The molecular weight excluding hydrogens is 168 g/mol. The Morgan fingerprint density at radius 1 is 1.23 bits per heavy atom. The van der Waals surface area contributed by atoms with Gasteiger partial charge in [-0.3, -0.25) is 9.59 Å². The summed E-state index contributed by atoms with van der Waals surface area (Å²) >= 11 is 0. The lowest BCUT2D eigenvalue weighted by Gasteiger charge is -2.33. The molecule has 4 heteroatoms. The molecule has 2 heterocycles. The summed E-state index contributed by atoms with van der Waals surface area (Å²) in [5.74, 6) is -0.767. The van der Waals surface area contributed by atoms with Crippen LogP contribution in [0.25, 0.3) is 0 Å². The molecule has 0 bridgehead atoms. The van der Waals surface area contributed by atoms with Crippen LogP contribution in [0.4, 0.5) is 0 Å². The normalized spacial score (nSPS) is 29.2. The van der Waals surface area contributed by atoms with E-state index in [-0.39, 0.29) is 11.9 Å². The molecule has 0 aromatic rings. The number of carbonyl (C=O) groups is 2. The highest BCUT2D eigenvalue weighted by Crippen LogP contribution is 2.18. The van der Waals surface area contributed by atoms with Gasteiger partial charge in [-0.05, 0) is 12.8 Å². The van der Waals surface area contributed by atoms with Gasteiger partial charge in [-0.15, -0.1) is 0 Å². The Hall–Kier alpha value is -1.06. The fourth-order valence-electron chi connectivity index (χ4n) is 2.07. The second-order valence-electron chi connectivity index (χ2n) is 3.71. The summed E-state index contributed by atoms with van der Waals surface area (Å²) in [6, 6.07) is 0.257. The van der Waals surface area contributed by atoms with E-state index in [1.807, 2.05) is 0 Å². The number of piperazine rings is 1. The fourth-order valence-corrected chi connectivity index (χ4v) is 2.07. The van der Waals surface area contributed by atoms with Gasteiger partial charge in [0.2, 0.25) is 0 Å². The van der Waals surface area contributed by atoms with Crippen molar-refractivity contribution in [1.29, 1.82) is 0 Å². The van der Waals surface area contributed by atoms with Crippen molar-refractivity contribution in [1.82, 2.24) is 10.2 Å². The van der Waals surface area contributed by atoms with Crippen molar-refractivity contribution in [3.63, 3.8) is 0 Å². The van der Waals surface area contributed by atoms with E-state index in [2.05, 4.69) is 5.32 Å². The zero-order chi connectivity index (χ0) is 9.26. The van der Waals surface area contributed by atoms with Gasteiger partial charge in [-0.2, -0.15) is 0 Å². The summed E-state index contributed by atoms with van der Waals surface area (Å²) in [6.45, 7) is 1.40. The number of nitrogens with zero attached hydrogens (tertiary/aromatic N) is 1. The molecule has 1 N–H and O–H groups in total. The van der Waals surface area contributed by atoms with Gasteiger partial charge in [-0.1, -0.05) is 12.8 Å². The van der Waals surface area contributed by atoms with E-state index >= 15 is 0 Å². The molecule has 0 aromatic carbocycles. The molecule has 2 amide bonds. The molecule has 72 valence electrons. The number of nitrogens with one attached hydrogen (secondary N) is 1. The standard InChI is InChI=1S/C9H14N2O2/c12-8-9(13)11-5-3-1-2-4-7(11)6-10-8/h7H,1-6H2,(H,10,12)/t7-/m0/s1. The summed E-state index contributed by atoms with van der Waals surface area (Å²) < 4.78 is 0. The SMILES string of the molecule is O=C1NC[C@@H]2CCCCCN2C1=O. The van der Waals surface area contributed by atoms with Crippen LogP contribution in [0.5, 0.6) is 0 Å². The van der Waals surface area contributed by atoms with E-state index in [0.29, 0.717) is 6.54 Å². The lowest BCUT2D eigenvalue weighted by molar-refractivity contribution is -0.150. The van der Waals surface area contributed by atoms with E-state index in [9.17, 15) is 9.59 Å². The fraction of sp³-hybridized carbons (Fsp3) is 0.778. The molecular formula is C9H14N2O2. The summed E-state index contributed by atoms with van der Waals surface area (Å²) in [4.78, 5) is 24.2. The maximum absolute atomic E-state index is 11.4. The van der Waals surface area contributed by atoms with Crippen LogP contribution >= 0.6 is 0 Å². The Morgan fingerprint density at radius 2 is 2.08 bits per heavy atom. The Morgan fingerprint density at radius 3 is 2.92 bits per heavy atom. The molecule has 2 saturated heterocycles. The van der Waals surface area contributed by atoms with Crippen molar-refractivity contribution in [2.75, 3.05) is 13.1 Å². The minimum atomic E-state index is -0.432. The molecule has 2 aliphatic rings. The number of hydrogen-bond donors (Lipinski definition) is 1. The molecule has 0 spiro atoms. The van der Waals surface area contributed by atoms with Gasteiger partial charge in [0.15, 0.2) is 0 Å². The molecule has 1 atom stereocenters. The van der Waals surface area contributed by atoms with Crippen LogP contribution in [0, 0.1) is 0 Å². The summed E-state index contributed by atoms with van der Waals surface area (Å²) in [5.41, 5.74) is 0. The third-order valence-electron chi connectivity index (χ3n) is 2.83. The number of carbonyl (C=O) groups excluding carboxylic acids is 2. The van der Waals surface area contributed by atoms with Gasteiger partial charge in [-0.25, -0.2) is 0 Å². The first kappa shape index (κ1) is 8.53. The second-order valence-corrected chi connectivity index (χ2v) is 3.71. The van der Waals surface area contributed by atoms with Gasteiger partial charge < -0.3 is 10.2 Å². The van der Waals surface area contributed by atoms with Crippen molar-refractivity contribution in [3.05, 3.63) is 0 Å². The average molecular weight is 182 g/mol. The highest BCUT2D eigenvalue weighted by Gasteiger charge is 2.33. The topological polar surface area (TPSA) is 49.4 Å². The lowest BCUT2D eigenvalue weighted by Crippen LogP contribution is -2.57. The van der Waals surface area contributed by atoms with Crippen LogP contribution in [0.3, 0.4) is 0 Å². The summed E-state index contributed by atoms with van der Waals surface area (Å²) in [5, 5.41) is 2.63. The van der Waals surface area contributed by atoms with Gasteiger partial charge in [0.25, 0.3) is 0 Å². The van der Waals surface area contributed by atoms with E-state index in [1.165, 1.54) is 12.8 Å². The van der Waals surface area contributed by atoms with Crippen molar-refractivity contribution in [2.45, 2.75) is 31.7 Å². The maximum Gasteiger partial charge on any atom is 0.312 e. The minimum absolute atomic E-state index is 0.257. The minimum Gasteiger partial charge on any atom is -0.346 e. The van der Waals surface area contributed by atoms with Crippen LogP contribution in [0.1, 0.15) is 25.7 Å². The van der Waals surface area contributed by atoms with Crippen LogP contribution in [-0.4, -0.2) is 35.8 Å². The highest BCUT2D eigenvalue weighted by atomic mass is 16.2.